The number of carbonyl (C=O) groups excluding carboxylic acids is 3. The SMILES string of the molecule is CCCCCCN(C(=O)C(CS)NC(=O)OC(C)(C)C)C(C(=O)NC(C)CCC)c1ccc(O)c(C)c1. The number of benzene rings is 1. The Morgan fingerprint density at radius 1 is 1.08 bits per heavy atom. The molecule has 0 saturated heterocycles. The highest BCUT2D eigenvalue weighted by Gasteiger charge is 2.36. The minimum atomic E-state index is -0.981. The van der Waals surface area contributed by atoms with Crippen molar-refractivity contribution in [1.82, 2.24) is 15.5 Å². The summed E-state index contributed by atoms with van der Waals surface area (Å²) in [6.07, 6.45) is 4.64. The summed E-state index contributed by atoms with van der Waals surface area (Å²) in [7, 11) is 0. The molecule has 0 spiro atoms. The summed E-state index contributed by atoms with van der Waals surface area (Å²) in [5.74, 6) is -0.557. The van der Waals surface area contributed by atoms with E-state index >= 15 is 0 Å². The third kappa shape index (κ3) is 11.2. The number of unbranched alkanes of at least 4 members (excludes halogenated alkanes) is 3. The molecule has 0 fully saturated rings. The van der Waals surface area contributed by atoms with Crippen LogP contribution in [0.2, 0.25) is 0 Å². The summed E-state index contributed by atoms with van der Waals surface area (Å²) in [6.45, 7) is 13.4. The Morgan fingerprint density at radius 2 is 1.76 bits per heavy atom. The van der Waals surface area contributed by atoms with E-state index in [-0.39, 0.29) is 23.5 Å². The highest BCUT2D eigenvalue weighted by atomic mass is 32.1. The van der Waals surface area contributed by atoms with Gasteiger partial charge in [-0.15, -0.1) is 0 Å². The summed E-state index contributed by atoms with van der Waals surface area (Å²) >= 11 is 4.33. The van der Waals surface area contributed by atoms with Crippen LogP contribution < -0.4 is 10.6 Å². The lowest BCUT2D eigenvalue weighted by Gasteiger charge is -2.35. The summed E-state index contributed by atoms with van der Waals surface area (Å²) in [4.78, 5) is 41.6. The molecule has 0 aliphatic rings. The van der Waals surface area contributed by atoms with Crippen LogP contribution in [0, 0.1) is 6.92 Å². The van der Waals surface area contributed by atoms with Crippen LogP contribution in [0.4, 0.5) is 4.79 Å². The first-order chi connectivity index (χ1) is 17.3. The topological polar surface area (TPSA) is 108 Å². The summed E-state index contributed by atoms with van der Waals surface area (Å²) in [5, 5.41) is 15.8. The summed E-state index contributed by atoms with van der Waals surface area (Å²) in [5.41, 5.74) is 0.471. The number of rotatable bonds is 14. The number of nitrogens with one attached hydrogen (secondary N) is 2. The second-order valence-electron chi connectivity index (χ2n) is 10.6. The lowest BCUT2D eigenvalue weighted by atomic mass is 9.99. The molecule has 1 aromatic rings. The highest BCUT2D eigenvalue weighted by molar-refractivity contribution is 7.80. The third-order valence-electron chi connectivity index (χ3n) is 5.91. The van der Waals surface area contributed by atoms with Gasteiger partial charge in [-0.05, 0) is 70.7 Å². The predicted molar refractivity (Wildman–Crippen MR) is 151 cm³/mol. The van der Waals surface area contributed by atoms with E-state index in [4.69, 9.17) is 4.74 Å². The Bertz CT molecular complexity index is 887. The van der Waals surface area contributed by atoms with Crippen LogP contribution in [0.3, 0.4) is 0 Å². The van der Waals surface area contributed by atoms with E-state index in [1.54, 1.807) is 39.8 Å². The van der Waals surface area contributed by atoms with Gasteiger partial charge in [0.1, 0.15) is 23.4 Å². The zero-order valence-corrected chi connectivity index (χ0v) is 24.5. The highest BCUT2D eigenvalue weighted by Crippen LogP contribution is 2.28. The van der Waals surface area contributed by atoms with E-state index in [0.717, 1.165) is 32.1 Å². The van der Waals surface area contributed by atoms with Crippen LogP contribution in [0.5, 0.6) is 5.75 Å². The van der Waals surface area contributed by atoms with Gasteiger partial charge in [0.05, 0.1) is 0 Å². The molecule has 1 rings (SSSR count). The van der Waals surface area contributed by atoms with Crippen molar-refractivity contribution in [2.75, 3.05) is 12.3 Å². The number of ether oxygens (including phenoxy) is 1. The van der Waals surface area contributed by atoms with Crippen LogP contribution in [0.15, 0.2) is 18.2 Å². The number of phenols is 1. The lowest BCUT2D eigenvalue weighted by molar-refractivity contribution is -0.142. The first kappa shape index (κ1) is 32.6. The number of aromatic hydroxyl groups is 1. The molecule has 0 aromatic heterocycles. The van der Waals surface area contributed by atoms with Gasteiger partial charge in [0.25, 0.3) is 0 Å². The normalized spacial score (nSPS) is 13.8. The molecule has 37 heavy (non-hydrogen) atoms. The van der Waals surface area contributed by atoms with Crippen molar-refractivity contribution in [3.8, 4) is 5.75 Å². The second kappa shape index (κ2) is 15.7. The zero-order chi connectivity index (χ0) is 28.2. The molecule has 0 aliphatic carbocycles. The summed E-state index contributed by atoms with van der Waals surface area (Å²) < 4.78 is 5.35. The van der Waals surface area contributed by atoms with E-state index in [1.165, 1.54) is 11.0 Å². The third-order valence-corrected chi connectivity index (χ3v) is 6.28. The Labute approximate surface area is 228 Å². The number of aryl methyl sites for hydroxylation is 1. The lowest BCUT2D eigenvalue weighted by Crippen LogP contribution is -2.54. The molecule has 9 heteroatoms. The fourth-order valence-electron chi connectivity index (χ4n) is 4.06. The molecular formula is C28H47N3O5S. The van der Waals surface area contributed by atoms with E-state index in [2.05, 4.69) is 30.2 Å². The molecule has 0 heterocycles. The average molecular weight is 538 g/mol. The number of phenolic OH excluding ortho intramolecular Hbond substituents is 1. The van der Waals surface area contributed by atoms with Crippen LogP contribution >= 0.6 is 12.6 Å². The quantitative estimate of drug-likeness (QED) is 0.191. The van der Waals surface area contributed by atoms with Gasteiger partial charge in [0, 0.05) is 18.3 Å². The van der Waals surface area contributed by atoms with E-state index < -0.39 is 29.7 Å². The molecule has 0 radical (unpaired) electrons. The minimum Gasteiger partial charge on any atom is -0.508 e. The van der Waals surface area contributed by atoms with E-state index in [1.807, 2.05) is 13.8 Å². The molecule has 8 nitrogen and oxygen atoms in total. The second-order valence-corrected chi connectivity index (χ2v) is 11.0. The number of alkyl carbamates (subject to hydrolysis) is 1. The molecular weight excluding hydrogens is 490 g/mol. The van der Waals surface area contributed by atoms with E-state index in [9.17, 15) is 19.5 Å². The average Bonchev–Trinajstić information content (AvgIpc) is 2.80. The van der Waals surface area contributed by atoms with Crippen molar-refractivity contribution < 1.29 is 24.2 Å². The largest absolute Gasteiger partial charge is 0.508 e. The van der Waals surface area contributed by atoms with Gasteiger partial charge in [-0.1, -0.05) is 45.6 Å². The van der Waals surface area contributed by atoms with Crippen molar-refractivity contribution in [3.63, 3.8) is 0 Å². The van der Waals surface area contributed by atoms with Gasteiger partial charge in [-0.3, -0.25) is 9.59 Å². The fourth-order valence-corrected chi connectivity index (χ4v) is 4.31. The number of hydrogen-bond acceptors (Lipinski definition) is 6. The number of nitrogens with zero attached hydrogens (tertiary/aromatic N) is 1. The van der Waals surface area contributed by atoms with Crippen molar-refractivity contribution in [3.05, 3.63) is 29.3 Å². The van der Waals surface area contributed by atoms with Crippen molar-refractivity contribution in [2.45, 2.75) is 111 Å². The van der Waals surface area contributed by atoms with Gasteiger partial charge in [-0.25, -0.2) is 4.79 Å². The monoisotopic (exact) mass is 537 g/mol. The minimum absolute atomic E-state index is 0.0404. The predicted octanol–water partition coefficient (Wildman–Crippen LogP) is 5.28. The first-order valence-electron chi connectivity index (χ1n) is 13.3. The molecule has 3 unspecified atom stereocenters. The molecule has 1 aromatic carbocycles. The Hall–Kier alpha value is -2.42. The molecule has 210 valence electrons. The van der Waals surface area contributed by atoms with Gasteiger partial charge in [0.15, 0.2) is 0 Å². The number of carbonyl (C=O) groups is 3. The van der Waals surface area contributed by atoms with Crippen LogP contribution in [0.25, 0.3) is 0 Å². The molecule has 3 N–H and O–H groups in total. The van der Waals surface area contributed by atoms with Gasteiger partial charge >= 0.3 is 6.09 Å². The number of thiol groups is 1. The number of hydrogen-bond donors (Lipinski definition) is 4. The van der Waals surface area contributed by atoms with Crippen molar-refractivity contribution in [2.24, 2.45) is 0 Å². The van der Waals surface area contributed by atoms with Crippen LogP contribution in [0.1, 0.15) is 97.2 Å². The zero-order valence-electron chi connectivity index (χ0n) is 23.6. The maximum atomic E-state index is 13.9. The molecule has 0 saturated carbocycles. The Morgan fingerprint density at radius 3 is 2.30 bits per heavy atom. The first-order valence-corrected chi connectivity index (χ1v) is 14.0. The van der Waals surface area contributed by atoms with Crippen LogP contribution in [-0.2, 0) is 14.3 Å². The summed E-state index contributed by atoms with van der Waals surface area (Å²) in [6, 6.07) is 2.94. The maximum absolute atomic E-state index is 13.9. The standard InChI is InChI=1S/C28H47N3O5S/c1-8-10-11-12-16-31(26(34)22(18-37)30-27(35)36-28(5,6)7)24(25(33)29-20(4)13-9-2)21-14-15-23(32)19(3)17-21/h14-15,17,20,22,24,32,37H,8-13,16,18H2,1-7H3,(H,29,33)(H,30,35). The Balaban J connectivity index is 3.44. The smallest absolute Gasteiger partial charge is 0.408 e. The number of amides is 3. The van der Waals surface area contributed by atoms with Crippen molar-refractivity contribution in [1.29, 1.82) is 0 Å². The van der Waals surface area contributed by atoms with Gasteiger partial charge < -0.3 is 25.4 Å². The maximum Gasteiger partial charge on any atom is 0.408 e. The molecule has 3 amide bonds. The van der Waals surface area contributed by atoms with Crippen molar-refractivity contribution >= 4 is 30.5 Å². The van der Waals surface area contributed by atoms with Gasteiger partial charge in [-0.2, -0.15) is 12.6 Å². The Kier molecular flexibility index (Phi) is 13.9. The van der Waals surface area contributed by atoms with E-state index in [0.29, 0.717) is 24.1 Å². The molecule has 0 aliphatic heterocycles. The molecule has 3 atom stereocenters. The van der Waals surface area contributed by atoms with Gasteiger partial charge in [0.2, 0.25) is 11.8 Å². The van der Waals surface area contributed by atoms with Crippen LogP contribution in [-0.4, -0.2) is 57.9 Å². The molecule has 0 bridgehead atoms. The fraction of sp³-hybridized carbons (Fsp3) is 0.679.